The Morgan fingerprint density at radius 1 is 1.25 bits per heavy atom. The molecule has 1 aliphatic heterocycles. The molecule has 0 atom stereocenters. The molecule has 1 aromatic heterocycles. The summed E-state index contributed by atoms with van der Waals surface area (Å²) >= 11 is 4.95. The molecule has 4 rings (SSSR count). The average molecular weight is 464 g/mol. The zero-order chi connectivity index (χ0) is 19.7. The molecule has 0 unspecified atom stereocenters. The van der Waals surface area contributed by atoms with Crippen LogP contribution < -0.4 is 10.1 Å². The van der Waals surface area contributed by atoms with Gasteiger partial charge in [0.2, 0.25) is 0 Å². The highest BCUT2D eigenvalue weighted by molar-refractivity contribution is 9.10. The molecule has 28 heavy (non-hydrogen) atoms. The lowest BCUT2D eigenvalue weighted by atomic mass is 9.90. The Kier molecular flexibility index (Phi) is 5.42. The van der Waals surface area contributed by atoms with Gasteiger partial charge in [0.05, 0.1) is 24.9 Å². The van der Waals surface area contributed by atoms with Gasteiger partial charge in [-0.2, -0.15) is 0 Å². The van der Waals surface area contributed by atoms with Crippen LogP contribution in [0.1, 0.15) is 44.2 Å². The Bertz CT molecular complexity index is 906. The van der Waals surface area contributed by atoms with Gasteiger partial charge in [-0.05, 0) is 31.0 Å². The third-order valence-electron chi connectivity index (χ3n) is 5.47. The number of urea groups is 1. The Morgan fingerprint density at radius 2 is 2.00 bits per heavy atom. The first kappa shape index (κ1) is 19.4. The van der Waals surface area contributed by atoms with E-state index in [1.54, 1.807) is 7.11 Å². The molecule has 6 nitrogen and oxygen atoms in total. The van der Waals surface area contributed by atoms with Gasteiger partial charge in [0.25, 0.3) is 5.91 Å². The van der Waals surface area contributed by atoms with E-state index in [0.717, 1.165) is 59.3 Å². The van der Waals surface area contributed by atoms with Crippen molar-refractivity contribution in [1.82, 2.24) is 15.2 Å². The number of amides is 3. The van der Waals surface area contributed by atoms with Crippen molar-refractivity contribution in [3.63, 3.8) is 0 Å². The predicted octanol–water partition coefficient (Wildman–Crippen LogP) is 4.73. The summed E-state index contributed by atoms with van der Waals surface area (Å²) in [5.41, 5.74) is 0.877. The number of hydrogen-bond donors (Lipinski definition) is 1. The summed E-state index contributed by atoms with van der Waals surface area (Å²) in [7, 11) is 1.63. The molecule has 2 fully saturated rings. The molecule has 148 valence electrons. The molecular weight excluding hydrogens is 442 g/mol. The number of benzene rings is 1. The molecular formula is C20H22BrN3O3S. The number of imide groups is 1. The van der Waals surface area contributed by atoms with Gasteiger partial charge in [-0.3, -0.25) is 9.69 Å². The van der Waals surface area contributed by atoms with Gasteiger partial charge < -0.3 is 10.1 Å². The van der Waals surface area contributed by atoms with E-state index in [1.165, 1.54) is 16.2 Å². The van der Waals surface area contributed by atoms with Crippen LogP contribution in [-0.2, 0) is 11.3 Å². The van der Waals surface area contributed by atoms with Crippen LogP contribution in [-0.4, -0.2) is 34.5 Å². The van der Waals surface area contributed by atoms with Crippen molar-refractivity contribution in [2.24, 2.45) is 0 Å². The van der Waals surface area contributed by atoms with Gasteiger partial charge in [-0.15, -0.1) is 11.3 Å². The smallest absolute Gasteiger partial charge is 0.325 e. The Morgan fingerprint density at radius 3 is 2.71 bits per heavy atom. The summed E-state index contributed by atoms with van der Waals surface area (Å²) in [6.07, 6.45) is 5.65. The molecule has 1 saturated heterocycles. The number of thiazole rings is 1. The van der Waals surface area contributed by atoms with E-state index < -0.39 is 5.54 Å². The number of nitrogens with zero attached hydrogens (tertiary/aromatic N) is 2. The largest absolute Gasteiger partial charge is 0.496 e. The van der Waals surface area contributed by atoms with Crippen LogP contribution in [0.25, 0.3) is 10.6 Å². The Hall–Kier alpha value is -1.93. The number of hydrogen-bond acceptors (Lipinski definition) is 5. The normalized spacial score (nSPS) is 19.0. The van der Waals surface area contributed by atoms with Crippen LogP contribution in [0.4, 0.5) is 4.79 Å². The number of ether oxygens (including phenoxy) is 1. The molecule has 2 aliphatic rings. The van der Waals surface area contributed by atoms with Crippen LogP contribution in [0.3, 0.4) is 0 Å². The number of methoxy groups -OCH3 is 1. The van der Waals surface area contributed by atoms with Crippen molar-refractivity contribution in [3.05, 3.63) is 33.7 Å². The minimum absolute atomic E-state index is 0.103. The van der Waals surface area contributed by atoms with Gasteiger partial charge in [0.1, 0.15) is 16.3 Å². The van der Waals surface area contributed by atoms with E-state index in [-0.39, 0.29) is 18.5 Å². The highest BCUT2D eigenvalue weighted by Gasteiger charge is 2.50. The lowest BCUT2D eigenvalue weighted by molar-refractivity contribution is -0.132. The van der Waals surface area contributed by atoms with Crippen LogP contribution >= 0.6 is 27.3 Å². The number of rotatable bonds is 4. The maximum absolute atomic E-state index is 13.1. The van der Waals surface area contributed by atoms with Gasteiger partial charge >= 0.3 is 6.03 Å². The average Bonchev–Trinajstić information content (AvgIpc) is 3.13. The van der Waals surface area contributed by atoms with E-state index in [0.29, 0.717) is 5.69 Å². The minimum atomic E-state index is -0.708. The van der Waals surface area contributed by atoms with E-state index in [2.05, 4.69) is 26.2 Å². The van der Waals surface area contributed by atoms with Gasteiger partial charge in [-0.1, -0.05) is 41.6 Å². The Labute approximate surface area is 176 Å². The van der Waals surface area contributed by atoms with Crippen molar-refractivity contribution in [3.8, 4) is 16.3 Å². The molecule has 3 amide bonds. The van der Waals surface area contributed by atoms with E-state index >= 15 is 0 Å². The van der Waals surface area contributed by atoms with E-state index in [9.17, 15) is 9.59 Å². The van der Waals surface area contributed by atoms with E-state index in [1.807, 2.05) is 23.6 Å². The maximum Gasteiger partial charge on any atom is 0.325 e. The second-order valence-electron chi connectivity index (χ2n) is 7.31. The summed E-state index contributed by atoms with van der Waals surface area (Å²) in [6, 6.07) is 5.45. The fourth-order valence-electron chi connectivity index (χ4n) is 4.00. The van der Waals surface area contributed by atoms with Crippen molar-refractivity contribution < 1.29 is 14.3 Å². The topological polar surface area (TPSA) is 71.5 Å². The molecule has 0 bridgehead atoms. The number of halogens is 1. The van der Waals surface area contributed by atoms with Crippen LogP contribution in [0, 0.1) is 0 Å². The first-order valence-corrected chi connectivity index (χ1v) is 11.1. The summed E-state index contributed by atoms with van der Waals surface area (Å²) in [6.45, 7) is 0.194. The zero-order valence-electron chi connectivity index (χ0n) is 15.7. The molecule has 0 radical (unpaired) electrons. The number of carbonyl (C=O) groups is 2. The molecule has 1 aromatic carbocycles. The van der Waals surface area contributed by atoms with Crippen LogP contribution in [0.15, 0.2) is 28.1 Å². The van der Waals surface area contributed by atoms with Gasteiger partial charge in [0.15, 0.2) is 0 Å². The van der Waals surface area contributed by atoms with Crippen LogP contribution in [0.5, 0.6) is 5.75 Å². The van der Waals surface area contributed by atoms with Crippen molar-refractivity contribution in [1.29, 1.82) is 0 Å². The van der Waals surface area contributed by atoms with Crippen molar-refractivity contribution in [2.75, 3.05) is 7.11 Å². The quantitative estimate of drug-likeness (QED) is 0.665. The zero-order valence-corrected chi connectivity index (χ0v) is 18.1. The molecule has 1 saturated carbocycles. The summed E-state index contributed by atoms with van der Waals surface area (Å²) < 4.78 is 6.37. The second-order valence-corrected chi connectivity index (χ2v) is 9.08. The molecule has 8 heteroatoms. The fraction of sp³-hybridized carbons (Fsp3) is 0.450. The minimum Gasteiger partial charge on any atom is -0.496 e. The third kappa shape index (κ3) is 3.55. The SMILES string of the molecule is COc1ccc(Br)cc1-c1nc(CN2C(=O)NC3(CCCCCC3)C2=O)cs1. The number of nitrogens with one attached hydrogen (secondary N) is 1. The maximum atomic E-state index is 13.1. The Balaban J connectivity index is 1.55. The molecule has 1 N–H and O–H groups in total. The first-order valence-electron chi connectivity index (χ1n) is 9.45. The standard InChI is InChI=1S/C20H22BrN3O3S/c1-27-16-7-6-13(21)10-15(16)17-22-14(12-28-17)11-24-18(25)20(23-19(24)26)8-4-2-3-5-9-20/h6-7,10,12H,2-5,8-9,11H2,1H3,(H,23,26). The predicted molar refractivity (Wildman–Crippen MR) is 111 cm³/mol. The molecule has 2 heterocycles. The van der Waals surface area contributed by atoms with Crippen LogP contribution in [0.2, 0.25) is 0 Å². The third-order valence-corrected chi connectivity index (χ3v) is 6.88. The molecule has 1 aliphatic carbocycles. The summed E-state index contributed by atoms with van der Waals surface area (Å²) in [4.78, 5) is 31.6. The molecule has 2 aromatic rings. The summed E-state index contributed by atoms with van der Waals surface area (Å²) in [5.74, 6) is 0.630. The fourth-order valence-corrected chi connectivity index (χ4v) is 5.20. The number of carbonyl (C=O) groups excluding carboxylic acids is 2. The molecule has 1 spiro atoms. The highest BCUT2D eigenvalue weighted by Crippen LogP contribution is 2.36. The van der Waals surface area contributed by atoms with Gasteiger partial charge in [-0.25, -0.2) is 9.78 Å². The summed E-state index contributed by atoms with van der Waals surface area (Å²) in [5, 5.41) is 5.67. The highest BCUT2D eigenvalue weighted by atomic mass is 79.9. The monoisotopic (exact) mass is 463 g/mol. The van der Waals surface area contributed by atoms with Gasteiger partial charge in [0, 0.05) is 9.85 Å². The van der Waals surface area contributed by atoms with Crippen molar-refractivity contribution in [2.45, 2.75) is 50.6 Å². The number of aromatic nitrogens is 1. The van der Waals surface area contributed by atoms with E-state index in [4.69, 9.17) is 4.74 Å². The lowest BCUT2D eigenvalue weighted by Crippen LogP contribution is -2.46. The lowest BCUT2D eigenvalue weighted by Gasteiger charge is -2.24. The van der Waals surface area contributed by atoms with Crippen molar-refractivity contribution >= 4 is 39.2 Å². The first-order chi connectivity index (χ1) is 13.5. The second kappa shape index (κ2) is 7.83.